The predicted octanol–water partition coefficient (Wildman–Crippen LogP) is 7.80. The molecule has 0 N–H and O–H groups in total. The third-order valence-electron chi connectivity index (χ3n) is 7.21. The molecule has 0 atom stereocenters. The first-order chi connectivity index (χ1) is 19.4. The van der Waals surface area contributed by atoms with Crippen molar-refractivity contribution in [3.05, 3.63) is 102 Å². The monoisotopic (exact) mass is 568 g/mol. The summed E-state index contributed by atoms with van der Waals surface area (Å²) < 4.78 is 27.2. The molecule has 8 heteroatoms. The zero-order chi connectivity index (χ0) is 27.7. The zero-order valence-corrected chi connectivity index (χ0v) is 23.4. The van der Waals surface area contributed by atoms with Gasteiger partial charge in [0.25, 0.3) is 0 Å². The first kappa shape index (κ1) is 26.2. The van der Waals surface area contributed by atoms with Gasteiger partial charge in [0.05, 0.1) is 39.5 Å². The Morgan fingerprint density at radius 2 is 1.80 bits per heavy atom. The summed E-state index contributed by atoms with van der Waals surface area (Å²) in [6, 6.07) is 22.0. The number of thiophene rings is 1. The number of pyridine rings is 2. The van der Waals surface area contributed by atoms with Gasteiger partial charge in [0.15, 0.2) is 11.6 Å². The molecular formula is C32H25FN2O3S2. The summed E-state index contributed by atoms with van der Waals surface area (Å²) in [5, 5.41) is 0. The van der Waals surface area contributed by atoms with E-state index in [0.717, 1.165) is 44.8 Å². The Labute approximate surface area is 240 Å². The molecule has 1 saturated carbocycles. The number of halogens is 1. The number of carbonyl (C=O) groups is 1. The fourth-order valence-electron chi connectivity index (χ4n) is 4.77. The van der Waals surface area contributed by atoms with Gasteiger partial charge in [-0.3, -0.25) is 14.8 Å². The zero-order valence-electron chi connectivity index (χ0n) is 21.7. The van der Waals surface area contributed by atoms with Gasteiger partial charge in [-0.2, -0.15) is 0 Å². The van der Waals surface area contributed by atoms with Crippen LogP contribution in [-0.4, -0.2) is 27.7 Å². The first-order valence-electron chi connectivity index (χ1n) is 12.9. The maximum atomic E-state index is 15.2. The lowest BCUT2D eigenvalue weighted by molar-refractivity contribution is -0.121. The number of fused-ring (bicyclic) bond motifs is 1. The molecule has 200 valence electrons. The van der Waals surface area contributed by atoms with Crippen LogP contribution in [0.1, 0.15) is 24.0 Å². The summed E-state index contributed by atoms with van der Waals surface area (Å²) in [5.41, 5.74) is 2.66. The number of hydrogen-bond donors (Lipinski definition) is 0. The Hall–Kier alpha value is -4.01. The molecule has 0 radical (unpaired) electrons. The van der Waals surface area contributed by atoms with E-state index in [1.165, 1.54) is 17.4 Å². The van der Waals surface area contributed by atoms with Crippen molar-refractivity contribution in [2.45, 2.75) is 25.7 Å². The molecule has 5 aromatic rings. The van der Waals surface area contributed by atoms with Gasteiger partial charge in [0.2, 0.25) is 0 Å². The number of hydrogen-bond acceptors (Lipinski definition) is 7. The van der Waals surface area contributed by atoms with E-state index in [9.17, 15) is 4.79 Å². The Kier molecular flexibility index (Phi) is 7.12. The van der Waals surface area contributed by atoms with Gasteiger partial charge < -0.3 is 9.47 Å². The molecular weight excluding hydrogens is 543 g/mol. The second kappa shape index (κ2) is 10.9. The Morgan fingerprint density at radius 3 is 2.50 bits per heavy atom. The van der Waals surface area contributed by atoms with Gasteiger partial charge in [-0.05, 0) is 54.3 Å². The van der Waals surface area contributed by atoms with Gasteiger partial charge in [-0.15, -0.1) is 11.3 Å². The average molecular weight is 569 g/mol. The molecule has 6 rings (SSSR count). The van der Waals surface area contributed by atoms with Crippen molar-refractivity contribution in [1.29, 1.82) is 0 Å². The van der Waals surface area contributed by atoms with Crippen LogP contribution < -0.4 is 9.47 Å². The standard InChI is InChI=1S/C32H25FN2O3S2/c1-37-22-8-9-24(35-19-22)28-18-25-31(40-28)27(11-14-34-25)38-26-10-7-21(15-23(26)33)17-30(39)32(12-13-32)29(36)16-20-5-3-2-4-6-20/h2-11,14-15,18-19H,12-13,16-17H2,1H3. The molecule has 0 unspecified atom stereocenters. The SMILES string of the molecule is COc1ccc(-c2cc3nccc(Oc4ccc(CC(=S)C5(C(=O)Cc6ccccc6)CC5)cc4F)c3s2)nc1. The average Bonchev–Trinajstić information content (AvgIpc) is 3.68. The second-order valence-corrected chi connectivity index (χ2v) is 11.4. The van der Waals surface area contributed by atoms with Gasteiger partial charge in [-0.1, -0.05) is 48.6 Å². The highest BCUT2D eigenvalue weighted by Crippen LogP contribution is 2.49. The molecule has 1 aliphatic rings. The minimum atomic E-state index is -0.574. The number of ketones is 1. The molecule has 1 aliphatic carbocycles. The van der Waals surface area contributed by atoms with Gasteiger partial charge in [0, 0.05) is 30.0 Å². The molecule has 0 bridgehead atoms. The quantitative estimate of drug-likeness (QED) is 0.160. The topological polar surface area (TPSA) is 61.3 Å². The number of nitrogens with zero attached hydrogens (tertiary/aromatic N) is 2. The van der Waals surface area contributed by atoms with Gasteiger partial charge >= 0.3 is 0 Å². The number of methoxy groups -OCH3 is 1. The first-order valence-corrected chi connectivity index (χ1v) is 14.1. The largest absolute Gasteiger partial charge is 0.495 e. The molecule has 3 aromatic heterocycles. The van der Waals surface area contributed by atoms with Crippen LogP contribution in [0.4, 0.5) is 4.39 Å². The van der Waals surface area contributed by atoms with E-state index in [-0.39, 0.29) is 11.5 Å². The van der Waals surface area contributed by atoms with E-state index in [4.69, 9.17) is 21.7 Å². The van der Waals surface area contributed by atoms with Crippen molar-refractivity contribution in [3.8, 4) is 27.8 Å². The number of carbonyl (C=O) groups excluding carboxylic acids is 1. The number of benzene rings is 2. The van der Waals surface area contributed by atoms with Gasteiger partial charge in [-0.25, -0.2) is 4.39 Å². The van der Waals surface area contributed by atoms with E-state index in [1.807, 2.05) is 54.6 Å². The minimum absolute atomic E-state index is 0.112. The highest BCUT2D eigenvalue weighted by Gasteiger charge is 2.52. The fraction of sp³-hybridized carbons (Fsp3) is 0.188. The molecule has 5 nitrogen and oxygen atoms in total. The Morgan fingerprint density at radius 1 is 0.975 bits per heavy atom. The van der Waals surface area contributed by atoms with Crippen molar-refractivity contribution in [2.24, 2.45) is 5.41 Å². The number of ether oxygens (including phenoxy) is 2. The number of thiocarbonyl (C=S) groups is 1. The lowest BCUT2D eigenvalue weighted by atomic mass is 9.89. The molecule has 40 heavy (non-hydrogen) atoms. The fourth-order valence-corrected chi connectivity index (χ4v) is 6.29. The lowest BCUT2D eigenvalue weighted by Crippen LogP contribution is -2.27. The van der Waals surface area contributed by atoms with Crippen LogP contribution in [0.2, 0.25) is 0 Å². The van der Waals surface area contributed by atoms with Crippen LogP contribution in [0, 0.1) is 11.2 Å². The lowest BCUT2D eigenvalue weighted by Gasteiger charge is -2.16. The summed E-state index contributed by atoms with van der Waals surface area (Å²) in [6.45, 7) is 0. The van der Waals surface area contributed by atoms with Crippen molar-refractivity contribution < 1.29 is 18.7 Å². The maximum Gasteiger partial charge on any atom is 0.166 e. The highest BCUT2D eigenvalue weighted by molar-refractivity contribution is 7.80. The van der Waals surface area contributed by atoms with Crippen LogP contribution in [0.3, 0.4) is 0 Å². The number of rotatable bonds is 10. The molecule has 0 saturated heterocycles. The summed E-state index contributed by atoms with van der Waals surface area (Å²) in [4.78, 5) is 23.6. The predicted molar refractivity (Wildman–Crippen MR) is 159 cm³/mol. The number of Topliss-reactive ketones (excluding diaryl/α,β-unsaturated/α-hetero) is 1. The van der Waals surface area contributed by atoms with Crippen molar-refractivity contribution in [3.63, 3.8) is 0 Å². The van der Waals surface area contributed by atoms with Crippen molar-refractivity contribution >= 4 is 44.4 Å². The van der Waals surface area contributed by atoms with E-state index in [1.54, 1.807) is 31.6 Å². The molecule has 3 heterocycles. The van der Waals surface area contributed by atoms with Crippen LogP contribution >= 0.6 is 23.6 Å². The second-order valence-electron chi connectivity index (χ2n) is 9.85. The Balaban J connectivity index is 1.17. The van der Waals surface area contributed by atoms with Crippen molar-refractivity contribution in [2.75, 3.05) is 7.11 Å². The highest BCUT2D eigenvalue weighted by atomic mass is 32.1. The van der Waals surface area contributed by atoms with Gasteiger partial charge in [0.1, 0.15) is 17.3 Å². The summed E-state index contributed by atoms with van der Waals surface area (Å²) in [5.74, 6) is 0.962. The molecule has 0 amide bonds. The van der Waals surface area contributed by atoms with E-state index in [0.29, 0.717) is 29.2 Å². The van der Waals surface area contributed by atoms with E-state index < -0.39 is 11.2 Å². The normalized spacial score (nSPS) is 13.7. The molecule has 0 spiro atoms. The third kappa shape index (κ3) is 5.24. The van der Waals surface area contributed by atoms with Crippen LogP contribution in [-0.2, 0) is 17.6 Å². The Bertz CT molecular complexity index is 1710. The minimum Gasteiger partial charge on any atom is -0.495 e. The van der Waals surface area contributed by atoms with Crippen LogP contribution in [0.25, 0.3) is 20.8 Å². The number of aromatic nitrogens is 2. The smallest absolute Gasteiger partial charge is 0.166 e. The van der Waals surface area contributed by atoms with E-state index in [2.05, 4.69) is 9.97 Å². The van der Waals surface area contributed by atoms with Crippen LogP contribution in [0.15, 0.2) is 85.2 Å². The molecule has 1 fully saturated rings. The van der Waals surface area contributed by atoms with E-state index >= 15 is 4.39 Å². The maximum absolute atomic E-state index is 15.2. The van der Waals surface area contributed by atoms with Crippen LogP contribution in [0.5, 0.6) is 17.2 Å². The summed E-state index contributed by atoms with van der Waals surface area (Å²) >= 11 is 7.20. The summed E-state index contributed by atoms with van der Waals surface area (Å²) in [7, 11) is 1.60. The molecule has 2 aromatic carbocycles. The summed E-state index contributed by atoms with van der Waals surface area (Å²) in [6.07, 6.45) is 5.55. The van der Waals surface area contributed by atoms with Crippen molar-refractivity contribution in [1.82, 2.24) is 9.97 Å². The molecule has 0 aliphatic heterocycles. The third-order valence-corrected chi connectivity index (χ3v) is 8.90.